The second-order valence-electron chi connectivity index (χ2n) is 8.87. The van der Waals surface area contributed by atoms with Crippen LogP contribution in [0.3, 0.4) is 0 Å². The molecule has 0 saturated carbocycles. The molecule has 32 heavy (non-hydrogen) atoms. The fraction of sp³-hybridized carbons (Fsp3) is 0.360. The van der Waals surface area contributed by atoms with Crippen molar-refractivity contribution in [3.63, 3.8) is 0 Å². The number of ketones is 1. The summed E-state index contributed by atoms with van der Waals surface area (Å²) in [4.78, 5) is 15.2. The highest BCUT2D eigenvalue weighted by atomic mass is 35.5. The van der Waals surface area contributed by atoms with E-state index in [1.54, 1.807) is 17.4 Å². The topological polar surface area (TPSA) is 85.3 Å². The molecular weight excluding hydrogens is 444 g/mol. The molecule has 1 aliphatic heterocycles. The Labute approximate surface area is 197 Å². The number of Topliss-reactive ketones (excluding diaryl/α,β-unsaturated/α-hetero) is 1. The third-order valence-corrected chi connectivity index (χ3v) is 7.52. The zero-order chi connectivity index (χ0) is 23.0. The van der Waals surface area contributed by atoms with Crippen LogP contribution in [0.5, 0.6) is 5.75 Å². The molecule has 4 rings (SSSR count). The number of halogens is 1. The van der Waals surface area contributed by atoms with Gasteiger partial charge in [-0.05, 0) is 30.0 Å². The monoisotopic (exact) mass is 468 g/mol. The highest BCUT2D eigenvalue weighted by molar-refractivity contribution is 7.12. The smallest absolute Gasteiger partial charge is 0.205 e. The van der Waals surface area contributed by atoms with Crippen LogP contribution in [0.1, 0.15) is 54.8 Å². The molecule has 0 unspecified atom stereocenters. The number of hydrogen-bond acceptors (Lipinski definition) is 6. The third kappa shape index (κ3) is 4.15. The minimum absolute atomic E-state index is 0.0156. The molecule has 0 spiro atoms. The molecule has 2 heterocycles. The summed E-state index contributed by atoms with van der Waals surface area (Å²) in [5.41, 5.74) is 7.81. The first kappa shape index (κ1) is 22.4. The van der Waals surface area contributed by atoms with Gasteiger partial charge in [-0.3, -0.25) is 4.79 Å². The molecule has 166 valence electrons. The van der Waals surface area contributed by atoms with E-state index in [1.165, 1.54) is 0 Å². The van der Waals surface area contributed by atoms with Crippen molar-refractivity contribution in [3.05, 3.63) is 73.5 Å². The van der Waals surface area contributed by atoms with Gasteiger partial charge in [0.05, 0.1) is 10.9 Å². The van der Waals surface area contributed by atoms with Gasteiger partial charge in [-0.1, -0.05) is 44.5 Å². The number of allylic oxidation sites excluding steroid dienone is 3. The van der Waals surface area contributed by atoms with Crippen molar-refractivity contribution in [2.45, 2.75) is 52.6 Å². The number of nitrogens with zero attached hydrogens (tertiary/aromatic N) is 1. The minimum Gasteiger partial charge on any atom is -0.487 e. The van der Waals surface area contributed by atoms with Gasteiger partial charge in [0.1, 0.15) is 29.8 Å². The molecular formula is C25H25ClN2O3S. The molecule has 1 aliphatic carbocycles. The Morgan fingerprint density at radius 1 is 1.34 bits per heavy atom. The van der Waals surface area contributed by atoms with Crippen LogP contribution in [0, 0.1) is 16.7 Å². The summed E-state index contributed by atoms with van der Waals surface area (Å²) in [5.74, 6) is 0.806. The molecule has 0 amide bonds. The average Bonchev–Trinajstić information content (AvgIpc) is 3.14. The summed E-state index contributed by atoms with van der Waals surface area (Å²) in [5, 5.41) is 10.4. The highest BCUT2D eigenvalue weighted by Crippen LogP contribution is 2.49. The van der Waals surface area contributed by atoms with Crippen molar-refractivity contribution in [2.24, 2.45) is 11.1 Å². The molecule has 1 aromatic carbocycles. The molecule has 2 aromatic rings. The van der Waals surface area contributed by atoms with Gasteiger partial charge in [0.25, 0.3) is 0 Å². The second kappa shape index (κ2) is 8.65. The summed E-state index contributed by atoms with van der Waals surface area (Å²) in [7, 11) is 0. The lowest BCUT2D eigenvalue weighted by molar-refractivity contribution is -0.119. The summed E-state index contributed by atoms with van der Waals surface area (Å²) in [6.07, 6.45) is 1.83. The summed E-state index contributed by atoms with van der Waals surface area (Å²) in [6, 6.07) is 11.6. The second-order valence-corrected chi connectivity index (χ2v) is 10.4. The van der Waals surface area contributed by atoms with Crippen molar-refractivity contribution in [1.29, 1.82) is 5.26 Å². The molecule has 0 fully saturated rings. The highest BCUT2D eigenvalue weighted by Gasteiger charge is 2.43. The Morgan fingerprint density at radius 3 is 2.78 bits per heavy atom. The Kier molecular flexibility index (Phi) is 6.07. The molecule has 0 bridgehead atoms. The number of aryl methyl sites for hydroxylation is 1. The fourth-order valence-corrected chi connectivity index (χ4v) is 5.76. The molecule has 0 radical (unpaired) electrons. The lowest BCUT2D eigenvalue weighted by atomic mass is 9.71. The van der Waals surface area contributed by atoms with Crippen molar-refractivity contribution < 1.29 is 14.3 Å². The number of hydrogen-bond donors (Lipinski definition) is 1. The number of rotatable bonds is 5. The lowest BCUT2D eigenvalue weighted by Crippen LogP contribution is -2.33. The number of carbonyl (C=O) groups is 1. The van der Waals surface area contributed by atoms with E-state index >= 15 is 0 Å². The molecule has 7 heteroatoms. The Bertz CT molecular complexity index is 1190. The van der Waals surface area contributed by atoms with Crippen LogP contribution >= 0.6 is 22.9 Å². The van der Waals surface area contributed by atoms with Crippen LogP contribution in [-0.4, -0.2) is 5.78 Å². The fourth-order valence-electron chi connectivity index (χ4n) is 4.34. The first-order valence-corrected chi connectivity index (χ1v) is 11.8. The van der Waals surface area contributed by atoms with Gasteiger partial charge in [-0.2, -0.15) is 5.26 Å². The van der Waals surface area contributed by atoms with Crippen LogP contribution in [0.25, 0.3) is 0 Å². The zero-order valence-electron chi connectivity index (χ0n) is 18.3. The van der Waals surface area contributed by atoms with Gasteiger partial charge in [-0.25, -0.2) is 0 Å². The van der Waals surface area contributed by atoms with Gasteiger partial charge < -0.3 is 15.2 Å². The quantitative estimate of drug-likeness (QED) is 0.582. The maximum Gasteiger partial charge on any atom is 0.205 e. The van der Waals surface area contributed by atoms with Gasteiger partial charge in [-0.15, -0.1) is 11.3 Å². The van der Waals surface area contributed by atoms with Gasteiger partial charge in [0, 0.05) is 33.7 Å². The predicted octanol–water partition coefficient (Wildman–Crippen LogP) is 5.99. The molecule has 1 atom stereocenters. The normalized spacial score (nSPS) is 20.0. The van der Waals surface area contributed by atoms with E-state index < -0.39 is 5.92 Å². The number of para-hydroxylation sites is 1. The number of ether oxygens (including phenoxy) is 2. The number of benzene rings is 1. The van der Waals surface area contributed by atoms with Gasteiger partial charge in [0.2, 0.25) is 5.88 Å². The summed E-state index contributed by atoms with van der Waals surface area (Å²) in [6.45, 7) is 6.50. The Hall–Kier alpha value is -2.75. The maximum atomic E-state index is 13.2. The predicted molar refractivity (Wildman–Crippen MR) is 125 cm³/mol. The van der Waals surface area contributed by atoms with E-state index in [-0.39, 0.29) is 17.1 Å². The molecule has 1 aromatic heterocycles. The molecule has 5 nitrogen and oxygen atoms in total. The van der Waals surface area contributed by atoms with E-state index in [9.17, 15) is 10.1 Å². The van der Waals surface area contributed by atoms with E-state index in [4.69, 9.17) is 26.8 Å². The van der Waals surface area contributed by atoms with Crippen molar-refractivity contribution in [2.75, 3.05) is 0 Å². The Morgan fingerprint density at radius 2 is 2.09 bits per heavy atom. The van der Waals surface area contributed by atoms with Crippen LogP contribution in [0.15, 0.2) is 53.1 Å². The largest absolute Gasteiger partial charge is 0.487 e. The van der Waals surface area contributed by atoms with E-state index in [1.807, 2.05) is 38.1 Å². The summed E-state index contributed by atoms with van der Waals surface area (Å²) < 4.78 is 11.8. The first-order valence-electron chi connectivity index (χ1n) is 10.6. The van der Waals surface area contributed by atoms with E-state index in [0.717, 1.165) is 21.7 Å². The molecule has 2 N–H and O–H groups in total. The number of carbonyl (C=O) groups excluding carboxylic acids is 1. The van der Waals surface area contributed by atoms with Crippen LogP contribution in [0.2, 0.25) is 5.02 Å². The number of thiophene rings is 1. The standard InChI is InChI=1S/C25H25ClN2O3S/c1-4-20-14(13-30-18-8-6-5-7-16(18)26)9-21(32-20)22-15(12-27)24(28)31-19-11-25(2,3)10-17(29)23(19)22/h5-9,22H,4,10-11,13,28H2,1-3H3/t22-/m0/s1. The van der Waals surface area contributed by atoms with Crippen LogP contribution < -0.4 is 10.5 Å². The first-order chi connectivity index (χ1) is 15.2. The van der Waals surface area contributed by atoms with E-state index in [0.29, 0.717) is 47.1 Å². The van der Waals surface area contributed by atoms with Crippen molar-refractivity contribution in [1.82, 2.24) is 0 Å². The van der Waals surface area contributed by atoms with Crippen molar-refractivity contribution in [3.8, 4) is 11.8 Å². The molecule has 0 saturated heterocycles. The Balaban J connectivity index is 1.73. The lowest BCUT2D eigenvalue weighted by Gasteiger charge is -2.36. The number of nitriles is 1. The van der Waals surface area contributed by atoms with Crippen molar-refractivity contribution >= 4 is 28.7 Å². The SMILES string of the molecule is CCc1sc([C@@H]2C(C#N)=C(N)OC3=C2C(=O)CC(C)(C)C3)cc1COc1ccccc1Cl. The minimum atomic E-state index is -0.503. The molecule has 2 aliphatic rings. The van der Waals surface area contributed by atoms with Gasteiger partial charge in [0.15, 0.2) is 5.78 Å². The van der Waals surface area contributed by atoms with Crippen LogP contribution in [0.4, 0.5) is 0 Å². The van der Waals surface area contributed by atoms with Crippen LogP contribution in [-0.2, 0) is 22.6 Å². The average molecular weight is 469 g/mol. The number of nitrogens with two attached hydrogens (primary N) is 1. The van der Waals surface area contributed by atoms with E-state index in [2.05, 4.69) is 13.0 Å². The maximum absolute atomic E-state index is 13.2. The van der Waals surface area contributed by atoms with Gasteiger partial charge >= 0.3 is 0 Å². The summed E-state index contributed by atoms with van der Waals surface area (Å²) >= 11 is 7.81. The third-order valence-electron chi connectivity index (χ3n) is 5.82. The zero-order valence-corrected chi connectivity index (χ0v) is 19.9.